The van der Waals surface area contributed by atoms with E-state index in [2.05, 4.69) is 10.4 Å². The van der Waals surface area contributed by atoms with E-state index < -0.39 is 17.8 Å². The molecule has 8 heteroatoms. The van der Waals surface area contributed by atoms with Crippen molar-refractivity contribution in [1.29, 1.82) is 0 Å². The summed E-state index contributed by atoms with van der Waals surface area (Å²) < 4.78 is 20.3. The molecule has 148 valence electrons. The molecule has 1 atom stereocenters. The minimum absolute atomic E-state index is 0.208. The molecule has 3 aromatic rings. The summed E-state index contributed by atoms with van der Waals surface area (Å²) >= 11 is 0. The first-order valence-corrected chi connectivity index (χ1v) is 9.22. The lowest BCUT2D eigenvalue weighted by Crippen LogP contribution is -2.36. The zero-order valence-electron chi connectivity index (χ0n) is 15.7. The Labute approximate surface area is 166 Å². The summed E-state index contributed by atoms with van der Waals surface area (Å²) in [5.41, 5.74) is 1.42. The Balaban J connectivity index is 1.73. The summed E-state index contributed by atoms with van der Waals surface area (Å²) in [6.45, 7) is 2.30. The standard InChI is InChI=1S/C21H19FN4O3/c1-2-29-20(27)17-12-23-25-13-18(14-7-4-3-5-8-14)26(19(17)25)21(28)24-16-10-6-9-15(22)11-16/h3-12,18H,2,13H2,1H3,(H,24,28). The van der Waals surface area contributed by atoms with Crippen molar-refractivity contribution in [2.75, 3.05) is 16.8 Å². The lowest BCUT2D eigenvalue weighted by atomic mass is 10.1. The average molecular weight is 394 g/mol. The van der Waals surface area contributed by atoms with Gasteiger partial charge in [0, 0.05) is 5.69 Å². The number of amides is 2. The molecular formula is C21H19FN4O3. The Hall–Kier alpha value is -3.68. The van der Waals surface area contributed by atoms with Gasteiger partial charge in [-0.05, 0) is 30.7 Å². The molecule has 0 bridgehead atoms. The van der Waals surface area contributed by atoms with Crippen LogP contribution >= 0.6 is 0 Å². The van der Waals surface area contributed by atoms with Crippen LogP contribution in [-0.2, 0) is 11.3 Å². The lowest BCUT2D eigenvalue weighted by molar-refractivity contribution is 0.0527. The van der Waals surface area contributed by atoms with Gasteiger partial charge in [-0.3, -0.25) is 4.90 Å². The highest BCUT2D eigenvalue weighted by Crippen LogP contribution is 2.38. The highest BCUT2D eigenvalue weighted by Gasteiger charge is 2.40. The van der Waals surface area contributed by atoms with Crippen molar-refractivity contribution in [3.8, 4) is 0 Å². The van der Waals surface area contributed by atoms with Gasteiger partial charge in [0.25, 0.3) is 0 Å². The Morgan fingerprint density at radius 1 is 1.21 bits per heavy atom. The fraction of sp³-hybridized carbons (Fsp3) is 0.190. The molecule has 1 N–H and O–H groups in total. The number of fused-ring (bicyclic) bond motifs is 1. The monoisotopic (exact) mass is 394 g/mol. The number of carbonyl (C=O) groups is 2. The number of hydrogen-bond acceptors (Lipinski definition) is 4. The number of halogens is 1. The molecule has 4 rings (SSSR count). The predicted molar refractivity (Wildman–Crippen MR) is 105 cm³/mol. The number of nitrogens with one attached hydrogen (secondary N) is 1. The molecule has 0 saturated heterocycles. The van der Waals surface area contributed by atoms with Crippen LogP contribution < -0.4 is 10.2 Å². The topological polar surface area (TPSA) is 76.5 Å². The Morgan fingerprint density at radius 3 is 2.72 bits per heavy atom. The van der Waals surface area contributed by atoms with Crippen molar-refractivity contribution in [1.82, 2.24) is 9.78 Å². The van der Waals surface area contributed by atoms with Crippen molar-refractivity contribution in [3.05, 3.63) is 77.7 Å². The Kier molecular flexibility index (Phi) is 4.99. The SMILES string of the molecule is CCOC(=O)c1cnn2c1N(C(=O)Nc1cccc(F)c1)C(c1ccccc1)C2. The van der Waals surface area contributed by atoms with Gasteiger partial charge in [0.2, 0.25) is 0 Å². The van der Waals surface area contributed by atoms with Gasteiger partial charge in [-0.1, -0.05) is 36.4 Å². The van der Waals surface area contributed by atoms with Crippen LogP contribution in [0.1, 0.15) is 28.9 Å². The maximum absolute atomic E-state index is 13.5. The normalized spacial score (nSPS) is 15.1. The minimum Gasteiger partial charge on any atom is -0.462 e. The van der Waals surface area contributed by atoms with Gasteiger partial charge in [0.1, 0.15) is 17.2 Å². The van der Waals surface area contributed by atoms with E-state index in [4.69, 9.17) is 4.74 Å². The van der Waals surface area contributed by atoms with Crippen LogP contribution in [0.3, 0.4) is 0 Å². The third-order valence-corrected chi connectivity index (χ3v) is 4.67. The highest BCUT2D eigenvalue weighted by molar-refractivity contribution is 6.06. The fourth-order valence-corrected chi connectivity index (χ4v) is 3.43. The van der Waals surface area contributed by atoms with E-state index in [1.165, 1.54) is 29.3 Å². The Bertz CT molecular complexity index is 1050. The molecule has 0 aliphatic carbocycles. The number of urea groups is 1. The van der Waals surface area contributed by atoms with Crippen LogP contribution in [0.4, 0.5) is 20.7 Å². The van der Waals surface area contributed by atoms with Gasteiger partial charge in [0.05, 0.1) is 25.4 Å². The van der Waals surface area contributed by atoms with Gasteiger partial charge >= 0.3 is 12.0 Å². The van der Waals surface area contributed by atoms with E-state index in [9.17, 15) is 14.0 Å². The highest BCUT2D eigenvalue weighted by atomic mass is 19.1. The van der Waals surface area contributed by atoms with Gasteiger partial charge in [-0.25, -0.2) is 18.7 Å². The second-order valence-electron chi connectivity index (χ2n) is 6.52. The van der Waals surface area contributed by atoms with Crippen molar-refractivity contribution < 1.29 is 18.7 Å². The maximum atomic E-state index is 13.5. The molecule has 1 aliphatic rings. The maximum Gasteiger partial charge on any atom is 0.343 e. The first kappa shape index (κ1) is 18.7. The zero-order chi connectivity index (χ0) is 20.4. The van der Waals surface area contributed by atoms with Crippen molar-refractivity contribution >= 4 is 23.5 Å². The van der Waals surface area contributed by atoms with E-state index in [-0.39, 0.29) is 18.2 Å². The van der Waals surface area contributed by atoms with Crippen molar-refractivity contribution in [2.24, 2.45) is 0 Å². The molecule has 29 heavy (non-hydrogen) atoms. The summed E-state index contributed by atoms with van der Waals surface area (Å²) in [6.07, 6.45) is 1.40. The van der Waals surface area contributed by atoms with Crippen LogP contribution in [0.5, 0.6) is 0 Å². The van der Waals surface area contributed by atoms with Crippen LogP contribution in [0.15, 0.2) is 60.8 Å². The lowest BCUT2D eigenvalue weighted by Gasteiger charge is -2.25. The van der Waals surface area contributed by atoms with E-state index in [0.717, 1.165) is 5.56 Å². The quantitative estimate of drug-likeness (QED) is 0.679. The fourth-order valence-electron chi connectivity index (χ4n) is 3.43. The second-order valence-corrected chi connectivity index (χ2v) is 6.52. The van der Waals surface area contributed by atoms with Crippen molar-refractivity contribution in [2.45, 2.75) is 19.5 Å². The van der Waals surface area contributed by atoms with Crippen molar-refractivity contribution in [3.63, 3.8) is 0 Å². The van der Waals surface area contributed by atoms with Crippen LogP contribution in [0.25, 0.3) is 0 Å². The van der Waals surface area contributed by atoms with E-state index in [0.29, 0.717) is 18.1 Å². The number of hydrogen-bond donors (Lipinski definition) is 1. The first-order chi connectivity index (χ1) is 14.1. The number of aromatic nitrogens is 2. The first-order valence-electron chi connectivity index (χ1n) is 9.22. The number of carbonyl (C=O) groups excluding carboxylic acids is 2. The largest absolute Gasteiger partial charge is 0.462 e. The van der Waals surface area contributed by atoms with E-state index in [1.807, 2.05) is 30.3 Å². The summed E-state index contributed by atoms with van der Waals surface area (Å²) in [7, 11) is 0. The van der Waals surface area contributed by atoms with E-state index in [1.54, 1.807) is 17.7 Å². The summed E-state index contributed by atoms with van der Waals surface area (Å²) in [6, 6.07) is 14.2. The Morgan fingerprint density at radius 2 is 2.00 bits per heavy atom. The number of anilines is 2. The summed E-state index contributed by atoms with van der Waals surface area (Å²) in [5, 5.41) is 6.97. The third-order valence-electron chi connectivity index (χ3n) is 4.67. The summed E-state index contributed by atoms with van der Waals surface area (Å²) in [4.78, 5) is 27.1. The molecule has 0 saturated carbocycles. The number of nitrogens with zero attached hydrogens (tertiary/aromatic N) is 3. The molecule has 1 aromatic heterocycles. The molecule has 2 aromatic carbocycles. The number of rotatable bonds is 4. The van der Waals surface area contributed by atoms with Crippen LogP contribution in [0.2, 0.25) is 0 Å². The molecule has 1 unspecified atom stereocenters. The zero-order valence-corrected chi connectivity index (χ0v) is 15.7. The second kappa shape index (κ2) is 7.75. The molecule has 2 heterocycles. The van der Waals surface area contributed by atoms with Crippen LogP contribution in [0, 0.1) is 5.82 Å². The molecule has 0 fully saturated rings. The average Bonchev–Trinajstić information content (AvgIpc) is 3.28. The smallest absolute Gasteiger partial charge is 0.343 e. The molecule has 0 spiro atoms. The molecular weight excluding hydrogens is 375 g/mol. The van der Waals surface area contributed by atoms with Gasteiger partial charge in [0.15, 0.2) is 0 Å². The number of esters is 1. The molecule has 1 aliphatic heterocycles. The van der Waals surface area contributed by atoms with Crippen LogP contribution in [-0.4, -0.2) is 28.4 Å². The molecule has 0 radical (unpaired) electrons. The van der Waals surface area contributed by atoms with Gasteiger partial charge in [-0.2, -0.15) is 5.10 Å². The molecule has 7 nitrogen and oxygen atoms in total. The van der Waals surface area contributed by atoms with E-state index >= 15 is 0 Å². The predicted octanol–water partition coefficient (Wildman–Crippen LogP) is 3.99. The third kappa shape index (κ3) is 3.56. The summed E-state index contributed by atoms with van der Waals surface area (Å²) in [5.74, 6) is -0.654. The van der Waals surface area contributed by atoms with Gasteiger partial charge in [-0.15, -0.1) is 0 Å². The van der Waals surface area contributed by atoms with Gasteiger partial charge < -0.3 is 10.1 Å². The molecule has 2 amide bonds. The minimum atomic E-state index is -0.550. The number of benzene rings is 2. The number of ether oxygens (including phenoxy) is 1.